The Bertz CT molecular complexity index is 720. The molecule has 1 atom stereocenters. The monoisotopic (exact) mass is 463 g/mol. The van der Waals surface area contributed by atoms with E-state index in [0.717, 1.165) is 16.8 Å². The van der Waals surface area contributed by atoms with Crippen LogP contribution in [0.15, 0.2) is 41.4 Å². The third-order valence-corrected chi connectivity index (χ3v) is 3.56. The van der Waals surface area contributed by atoms with E-state index in [2.05, 4.69) is 16.4 Å². The van der Waals surface area contributed by atoms with Gasteiger partial charge < -0.3 is 16.2 Å². The lowest BCUT2D eigenvalue weighted by atomic mass is 10.1. The molecule has 130 valence electrons. The van der Waals surface area contributed by atoms with Crippen LogP contribution in [0.4, 0.5) is 10.1 Å². The van der Waals surface area contributed by atoms with Gasteiger partial charge in [0, 0.05) is 5.69 Å². The quantitative estimate of drug-likeness (QED) is 0.362. The minimum Gasteiger partial charge on any atom is -0.386 e. The van der Waals surface area contributed by atoms with Crippen molar-refractivity contribution in [1.82, 2.24) is 0 Å². The summed E-state index contributed by atoms with van der Waals surface area (Å²) in [5, 5.41) is 13.0. The highest BCUT2D eigenvalue weighted by molar-refractivity contribution is 14.0. The number of hydrogen-bond acceptors (Lipinski definition) is 2. The summed E-state index contributed by atoms with van der Waals surface area (Å²) in [6.07, 6.45) is -0.957. The summed E-state index contributed by atoms with van der Waals surface area (Å²) in [6.45, 7) is 4.00. The molecule has 2 rings (SSSR count). The zero-order valence-corrected chi connectivity index (χ0v) is 16.5. The van der Waals surface area contributed by atoms with E-state index in [1.165, 1.54) is 12.1 Å². The maximum Gasteiger partial charge on any atom is 0.193 e. The number of guanidine groups is 1. The number of benzene rings is 2. The summed E-state index contributed by atoms with van der Waals surface area (Å²) in [6, 6.07) is 10.1. The van der Waals surface area contributed by atoms with Crippen molar-refractivity contribution < 1.29 is 9.50 Å². The summed E-state index contributed by atoms with van der Waals surface area (Å²) in [7, 11) is 0. The summed E-state index contributed by atoms with van der Waals surface area (Å²) in [5.41, 5.74) is 9.26. The number of aliphatic hydroxyl groups is 1. The Kier molecular flexibility index (Phi) is 7.92. The average Bonchev–Trinajstić information content (AvgIpc) is 2.46. The normalized spacial score (nSPS) is 12.5. The van der Waals surface area contributed by atoms with Gasteiger partial charge in [0.2, 0.25) is 0 Å². The number of rotatable bonds is 4. The predicted molar refractivity (Wildman–Crippen MR) is 108 cm³/mol. The molecule has 0 aliphatic carbocycles. The molecule has 7 heteroatoms. The van der Waals surface area contributed by atoms with Gasteiger partial charge in [0.25, 0.3) is 0 Å². The first-order valence-corrected chi connectivity index (χ1v) is 7.51. The van der Waals surface area contributed by atoms with Gasteiger partial charge >= 0.3 is 0 Å². The summed E-state index contributed by atoms with van der Waals surface area (Å²) in [5.74, 6) is -0.392. The van der Waals surface area contributed by atoms with Crippen LogP contribution in [0, 0.1) is 19.7 Å². The first kappa shape index (κ1) is 20.7. The Morgan fingerprint density at radius 1 is 1.25 bits per heavy atom. The minimum atomic E-state index is -0.957. The van der Waals surface area contributed by atoms with Crippen LogP contribution in [0.25, 0.3) is 0 Å². The van der Waals surface area contributed by atoms with Gasteiger partial charge in [-0.25, -0.2) is 4.39 Å². The third-order valence-electron chi connectivity index (χ3n) is 3.26. The average molecular weight is 464 g/mol. The van der Waals surface area contributed by atoms with Gasteiger partial charge in [-0.2, -0.15) is 0 Å². The van der Waals surface area contributed by atoms with E-state index >= 15 is 0 Å². The number of aliphatic imine (C=N–C) groups is 1. The maximum absolute atomic E-state index is 13.4. The standard InChI is InChI=1S/C17H19ClFN3O.HI/c1-10-5-11(2)7-13(6-10)22-17(20)21-9-16(23)12-3-4-14(18)15(19)8-12;/h3-8,16,23H,9H2,1-2H3,(H3,20,21,22);1H. The Labute approximate surface area is 163 Å². The lowest BCUT2D eigenvalue weighted by molar-refractivity contribution is 0.187. The van der Waals surface area contributed by atoms with Gasteiger partial charge in [-0.15, -0.1) is 24.0 Å². The van der Waals surface area contributed by atoms with Crippen LogP contribution in [-0.2, 0) is 0 Å². The van der Waals surface area contributed by atoms with Crippen molar-refractivity contribution >= 4 is 47.2 Å². The van der Waals surface area contributed by atoms with Gasteiger partial charge in [-0.3, -0.25) is 4.99 Å². The molecule has 4 N–H and O–H groups in total. The number of nitrogens with two attached hydrogens (primary N) is 1. The van der Waals surface area contributed by atoms with Crippen molar-refractivity contribution in [1.29, 1.82) is 0 Å². The molecule has 4 nitrogen and oxygen atoms in total. The highest BCUT2D eigenvalue weighted by Crippen LogP contribution is 2.20. The zero-order valence-electron chi connectivity index (χ0n) is 13.4. The zero-order chi connectivity index (χ0) is 17.0. The highest BCUT2D eigenvalue weighted by atomic mass is 127. The van der Waals surface area contributed by atoms with E-state index in [4.69, 9.17) is 17.3 Å². The molecule has 0 aliphatic rings. The van der Waals surface area contributed by atoms with Crippen LogP contribution in [-0.4, -0.2) is 17.6 Å². The van der Waals surface area contributed by atoms with E-state index in [1.54, 1.807) is 6.07 Å². The molecule has 0 aromatic heterocycles. The van der Waals surface area contributed by atoms with Gasteiger partial charge in [-0.05, 0) is 54.8 Å². The fourth-order valence-electron chi connectivity index (χ4n) is 2.24. The first-order chi connectivity index (χ1) is 10.8. The van der Waals surface area contributed by atoms with Crippen LogP contribution in [0.3, 0.4) is 0 Å². The van der Waals surface area contributed by atoms with Crippen molar-refractivity contribution in [3.05, 3.63) is 63.9 Å². The number of aliphatic hydroxyl groups excluding tert-OH is 1. The van der Waals surface area contributed by atoms with Crippen LogP contribution in [0.2, 0.25) is 5.02 Å². The van der Waals surface area contributed by atoms with Crippen molar-refractivity contribution in [2.24, 2.45) is 10.7 Å². The summed E-state index contributed by atoms with van der Waals surface area (Å²) < 4.78 is 13.4. The fourth-order valence-corrected chi connectivity index (χ4v) is 2.36. The molecule has 0 radical (unpaired) electrons. The molecule has 0 spiro atoms. The number of nitrogens with zero attached hydrogens (tertiary/aromatic N) is 1. The third kappa shape index (κ3) is 5.92. The lowest BCUT2D eigenvalue weighted by Crippen LogP contribution is -2.23. The molecule has 0 saturated carbocycles. The van der Waals surface area contributed by atoms with Crippen LogP contribution >= 0.6 is 35.6 Å². The van der Waals surface area contributed by atoms with E-state index < -0.39 is 11.9 Å². The molecule has 0 heterocycles. The molecule has 24 heavy (non-hydrogen) atoms. The Morgan fingerprint density at radius 3 is 2.46 bits per heavy atom. The Balaban J connectivity index is 0.00000288. The largest absolute Gasteiger partial charge is 0.386 e. The fraction of sp³-hybridized carbons (Fsp3) is 0.235. The molecule has 0 bridgehead atoms. The lowest BCUT2D eigenvalue weighted by Gasteiger charge is -2.11. The molecule has 0 saturated heterocycles. The van der Waals surface area contributed by atoms with E-state index in [9.17, 15) is 9.50 Å². The number of aryl methyl sites for hydroxylation is 2. The van der Waals surface area contributed by atoms with Crippen molar-refractivity contribution in [2.75, 3.05) is 11.9 Å². The van der Waals surface area contributed by atoms with Gasteiger partial charge in [0.05, 0.1) is 17.7 Å². The van der Waals surface area contributed by atoms with Gasteiger partial charge in [0.1, 0.15) is 5.82 Å². The Hall–Kier alpha value is -1.38. The SMILES string of the molecule is Cc1cc(C)cc(NC(N)=NCC(O)c2ccc(Cl)c(F)c2)c1.I. The van der Waals surface area contributed by atoms with E-state index in [-0.39, 0.29) is 41.5 Å². The summed E-state index contributed by atoms with van der Waals surface area (Å²) >= 11 is 5.61. The number of halogens is 3. The topological polar surface area (TPSA) is 70.6 Å². The Morgan fingerprint density at radius 2 is 1.88 bits per heavy atom. The number of hydrogen-bond donors (Lipinski definition) is 3. The van der Waals surface area contributed by atoms with Crippen molar-refractivity contribution in [2.45, 2.75) is 20.0 Å². The van der Waals surface area contributed by atoms with E-state index in [1.807, 2.05) is 26.0 Å². The van der Waals surface area contributed by atoms with Crippen molar-refractivity contribution in [3.63, 3.8) is 0 Å². The maximum atomic E-state index is 13.4. The molecule has 1 unspecified atom stereocenters. The molecule has 2 aromatic rings. The van der Waals surface area contributed by atoms with Crippen LogP contribution in [0.1, 0.15) is 22.8 Å². The number of anilines is 1. The second kappa shape index (κ2) is 9.19. The van der Waals surface area contributed by atoms with E-state index in [0.29, 0.717) is 5.56 Å². The minimum absolute atomic E-state index is 0. The first-order valence-electron chi connectivity index (χ1n) is 7.13. The van der Waals surface area contributed by atoms with Gasteiger partial charge in [-0.1, -0.05) is 23.7 Å². The summed E-state index contributed by atoms with van der Waals surface area (Å²) in [4.78, 5) is 4.09. The predicted octanol–water partition coefficient (Wildman–Crippen LogP) is 4.17. The van der Waals surface area contributed by atoms with Gasteiger partial charge in [0.15, 0.2) is 5.96 Å². The number of nitrogens with one attached hydrogen (secondary N) is 1. The molecule has 0 fully saturated rings. The highest BCUT2D eigenvalue weighted by Gasteiger charge is 2.10. The van der Waals surface area contributed by atoms with Crippen LogP contribution in [0.5, 0.6) is 0 Å². The smallest absolute Gasteiger partial charge is 0.193 e. The second-order valence-corrected chi connectivity index (χ2v) is 5.82. The second-order valence-electron chi connectivity index (χ2n) is 5.42. The molecular formula is C17H20ClFIN3O. The molecule has 2 aromatic carbocycles. The molecular weight excluding hydrogens is 444 g/mol. The molecule has 0 amide bonds. The molecule has 0 aliphatic heterocycles. The van der Waals surface area contributed by atoms with Crippen LogP contribution < -0.4 is 11.1 Å². The van der Waals surface area contributed by atoms with Crippen molar-refractivity contribution in [3.8, 4) is 0 Å².